The minimum absolute atomic E-state index is 0.00192. The van der Waals surface area contributed by atoms with E-state index in [1.54, 1.807) is 23.0 Å². The molecular formula is C21H26BrNO3. The first kappa shape index (κ1) is 18.1. The van der Waals surface area contributed by atoms with Crippen LogP contribution in [0.4, 0.5) is 0 Å². The van der Waals surface area contributed by atoms with Crippen LogP contribution in [0.1, 0.15) is 52.9 Å². The molecule has 3 saturated carbocycles. The molecular weight excluding hydrogens is 394 g/mol. The van der Waals surface area contributed by atoms with Gasteiger partial charge in [-0.3, -0.25) is 18.3 Å². The first-order valence-electron chi connectivity index (χ1n) is 9.62. The minimum Gasteiger partial charge on any atom is -0.299 e. The summed E-state index contributed by atoms with van der Waals surface area (Å²) in [6, 6.07) is -0.134. The summed E-state index contributed by atoms with van der Waals surface area (Å²) in [5, 5.41) is 0. The Labute approximate surface area is 163 Å². The Morgan fingerprint density at radius 2 is 1.96 bits per heavy atom. The summed E-state index contributed by atoms with van der Waals surface area (Å²) in [5.41, 5.74) is 0.618. The van der Waals surface area contributed by atoms with Crippen LogP contribution in [0.5, 0.6) is 0 Å². The van der Waals surface area contributed by atoms with Gasteiger partial charge in [0.15, 0.2) is 5.78 Å². The Kier molecular flexibility index (Phi) is 4.11. The molecule has 26 heavy (non-hydrogen) atoms. The van der Waals surface area contributed by atoms with E-state index in [2.05, 4.69) is 36.1 Å². The SMILES string of the molecule is CC(=O)N(Br)[C@H]1C[C@@H]2[C@H](CC[C@]3(C)C(=O)CC[C@@H]23)[C@@]2(C)C=CC(=O)C=C12. The van der Waals surface area contributed by atoms with E-state index in [0.29, 0.717) is 30.0 Å². The van der Waals surface area contributed by atoms with Crippen molar-refractivity contribution in [2.24, 2.45) is 28.6 Å². The maximum absolute atomic E-state index is 12.6. The summed E-state index contributed by atoms with van der Waals surface area (Å²) in [7, 11) is 0. The fourth-order valence-corrected chi connectivity index (χ4v) is 6.84. The minimum atomic E-state index is -0.226. The lowest BCUT2D eigenvalue weighted by Crippen LogP contribution is -2.55. The molecule has 140 valence electrons. The molecule has 0 heterocycles. The van der Waals surface area contributed by atoms with E-state index in [0.717, 1.165) is 31.3 Å². The van der Waals surface area contributed by atoms with Gasteiger partial charge < -0.3 is 0 Å². The fraction of sp³-hybridized carbons (Fsp3) is 0.667. The number of hydrogen-bond donors (Lipinski definition) is 0. The Balaban J connectivity index is 1.79. The van der Waals surface area contributed by atoms with Crippen LogP contribution in [0.25, 0.3) is 0 Å². The average molecular weight is 420 g/mol. The van der Waals surface area contributed by atoms with Gasteiger partial charge in [0.2, 0.25) is 5.91 Å². The summed E-state index contributed by atoms with van der Waals surface area (Å²) in [6.07, 6.45) is 9.91. The molecule has 4 rings (SSSR count). The van der Waals surface area contributed by atoms with Crippen LogP contribution >= 0.6 is 16.1 Å². The Morgan fingerprint density at radius 1 is 1.23 bits per heavy atom. The molecule has 4 aliphatic rings. The largest absolute Gasteiger partial charge is 0.299 e. The van der Waals surface area contributed by atoms with Gasteiger partial charge in [-0.1, -0.05) is 19.9 Å². The number of fused-ring (bicyclic) bond motifs is 5. The van der Waals surface area contributed by atoms with Crippen LogP contribution in [0.15, 0.2) is 23.8 Å². The number of amides is 1. The van der Waals surface area contributed by atoms with E-state index in [9.17, 15) is 14.4 Å². The number of halogens is 1. The van der Waals surface area contributed by atoms with Crippen molar-refractivity contribution in [3.8, 4) is 0 Å². The zero-order valence-corrected chi connectivity index (χ0v) is 17.2. The third-order valence-corrected chi connectivity index (χ3v) is 8.85. The summed E-state index contributed by atoms with van der Waals surface area (Å²) < 4.78 is 1.61. The quantitative estimate of drug-likeness (QED) is 0.603. The molecule has 4 nitrogen and oxygen atoms in total. The second-order valence-corrected chi connectivity index (χ2v) is 9.76. The summed E-state index contributed by atoms with van der Waals surface area (Å²) in [5.74, 6) is 1.56. The van der Waals surface area contributed by atoms with Crippen LogP contribution in [-0.4, -0.2) is 27.4 Å². The molecule has 0 aromatic carbocycles. The van der Waals surface area contributed by atoms with Crippen molar-refractivity contribution in [3.63, 3.8) is 0 Å². The fourth-order valence-electron chi connectivity index (χ4n) is 6.45. The number of ketones is 2. The maximum Gasteiger partial charge on any atom is 0.229 e. The van der Waals surface area contributed by atoms with Crippen molar-refractivity contribution in [1.29, 1.82) is 0 Å². The predicted molar refractivity (Wildman–Crippen MR) is 102 cm³/mol. The molecule has 0 spiro atoms. The lowest BCUT2D eigenvalue weighted by molar-refractivity contribution is -0.133. The predicted octanol–water partition coefficient (Wildman–Crippen LogP) is 4.00. The van der Waals surface area contributed by atoms with Crippen LogP contribution in [-0.2, 0) is 14.4 Å². The van der Waals surface area contributed by atoms with Crippen LogP contribution in [0.3, 0.4) is 0 Å². The summed E-state index contributed by atoms with van der Waals surface area (Å²) >= 11 is 3.46. The van der Waals surface area contributed by atoms with Crippen LogP contribution < -0.4 is 0 Å². The highest BCUT2D eigenvalue weighted by atomic mass is 79.9. The average Bonchev–Trinajstić information content (AvgIpc) is 2.90. The zero-order valence-electron chi connectivity index (χ0n) is 15.6. The molecule has 1 amide bonds. The summed E-state index contributed by atoms with van der Waals surface area (Å²) in [4.78, 5) is 36.8. The smallest absolute Gasteiger partial charge is 0.229 e. The number of rotatable bonds is 1. The second kappa shape index (κ2) is 5.88. The van der Waals surface area contributed by atoms with Gasteiger partial charge in [-0.25, -0.2) is 0 Å². The molecule has 0 aliphatic heterocycles. The molecule has 6 atom stereocenters. The Morgan fingerprint density at radius 3 is 2.65 bits per heavy atom. The molecule has 0 saturated heterocycles. The monoisotopic (exact) mass is 419 g/mol. The molecule has 3 fully saturated rings. The lowest BCUT2D eigenvalue weighted by atomic mass is 9.47. The highest BCUT2D eigenvalue weighted by molar-refractivity contribution is 9.07. The van der Waals surface area contributed by atoms with Gasteiger partial charge >= 0.3 is 0 Å². The van der Waals surface area contributed by atoms with E-state index in [4.69, 9.17) is 0 Å². The highest BCUT2D eigenvalue weighted by Crippen LogP contribution is 2.64. The topological polar surface area (TPSA) is 54.5 Å². The summed E-state index contributed by atoms with van der Waals surface area (Å²) in [6.45, 7) is 5.92. The van der Waals surface area contributed by atoms with E-state index in [-0.39, 0.29) is 28.6 Å². The number of hydrogen-bond acceptors (Lipinski definition) is 3. The van der Waals surface area contributed by atoms with Gasteiger partial charge in [-0.2, -0.15) is 0 Å². The van der Waals surface area contributed by atoms with Crippen molar-refractivity contribution < 1.29 is 14.4 Å². The third kappa shape index (κ3) is 2.35. The molecule has 0 N–H and O–H groups in total. The van der Waals surface area contributed by atoms with Gasteiger partial charge in [-0.15, -0.1) is 0 Å². The van der Waals surface area contributed by atoms with Gasteiger partial charge in [0.25, 0.3) is 0 Å². The molecule has 4 aliphatic carbocycles. The maximum atomic E-state index is 12.6. The van der Waals surface area contributed by atoms with Gasteiger partial charge in [-0.05, 0) is 61.2 Å². The standard InChI is InChI=1S/C21H26BrNO3/c1-12(24)23(22)18-11-14-15-4-5-19(26)21(15,3)9-7-16(14)20(2)8-6-13(25)10-17(18)20/h6,8,10,14-16,18H,4-5,7,9,11H2,1-3H3/t14-,15-,16-,18-,20+,21-/m0/s1. The Bertz CT molecular complexity index is 756. The molecule has 0 unspecified atom stereocenters. The number of carbonyl (C=O) groups excluding carboxylic acids is 3. The molecule has 0 aromatic rings. The number of allylic oxidation sites excluding steroid dienone is 3. The molecule has 5 heteroatoms. The number of nitrogens with zero attached hydrogens (tertiary/aromatic N) is 1. The molecule has 0 radical (unpaired) electrons. The van der Waals surface area contributed by atoms with Crippen LogP contribution in [0, 0.1) is 28.6 Å². The van der Waals surface area contributed by atoms with E-state index < -0.39 is 0 Å². The second-order valence-electron chi connectivity index (χ2n) is 8.99. The van der Waals surface area contributed by atoms with Crippen molar-refractivity contribution in [2.75, 3.05) is 0 Å². The van der Waals surface area contributed by atoms with Crippen molar-refractivity contribution in [3.05, 3.63) is 23.8 Å². The van der Waals surface area contributed by atoms with Crippen molar-refractivity contribution >= 4 is 33.6 Å². The first-order valence-corrected chi connectivity index (χ1v) is 10.3. The van der Waals surface area contributed by atoms with Gasteiger partial charge in [0.1, 0.15) is 5.78 Å². The van der Waals surface area contributed by atoms with E-state index >= 15 is 0 Å². The Hall–Kier alpha value is -1.23. The highest BCUT2D eigenvalue weighted by Gasteiger charge is 2.60. The van der Waals surface area contributed by atoms with Gasteiger partial charge in [0, 0.05) is 24.2 Å². The van der Waals surface area contributed by atoms with Crippen molar-refractivity contribution in [2.45, 2.75) is 58.9 Å². The van der Waals surface area contributed by atoms with Crippen LogP contribution in [0.2, 0.25) is 0 Å². The third-order valence-electron chi connectivity index (χ3n) is 7.86. The van der Waals surface area contributed by atoms with E-state index in [1.807, 2.05) is 0 Å². The molecule has 0 aromatic heterocycles. The van der Waals surface area contributed by atoms with Crippen molar-refractivity contribution in [1.82, 2.24) is 3.93 Å². The van der Waals surface area contributed by atoms with E-state index in [1.165, 1.54) is 0 Å². The molecule has 0 bridgehead atoms. The zero-order chi connectivity index (χ0) is 18.9. The van der Waals surface area contributed by atoms with Gasteiger partial charge in [0.05, 0.1) is 22.2 Å². The first-order chi connectivity index (χ1) is 12.2. The normalized spacial score (nSPS) is 44.1. The lowest BCUT2D eigenvalue weighted by Gasteiger charge is -2.58. The number of carbonyl (C=O) groups is 3. The number of Topliss-reactive ketones (excluding diaryl/α,β-unsaturated/α-hetero) is 1.